The molecule has 5 nitrogen and oxygen atoms in total. The minimum atomic E-state index is -0.234. The van der Waals surface area contributed by atoms with Crippen LogP contribution in [-0.2, 0) is 10.3 Å². The van der Waals surface area contributed by atoms with E-state index in [1.165, 1.54) is 11.8 Å². The molecule has 1 fully saturated rings. The van der Waals surface area contributed by atoms with Gasteiger partial charge in [0.15, 0.2) is 0 Å². The molecule has 2 aromatic carbocycles. The lowest BCUT2D eigenvalue weighted by atomic mass is 9.72. The summed E-state index contributed by atoms with van der Waals surface area (Å²) in [6, 6.07) is 17.3. The first-order chi connectivity index (χ1) is 13.1. The third kappa shape index (κ3) is 4.01. The molecule has 3 aromatic rings. The van der Waals surface area contributed by atoms with Crippen LogP contribution in [0.25, 0.3) is 11.5 Å². The largest absolute Gasteiger partial charge is 0.411 e. The summed E-state index contributed by atoms with van der Waals surface area (Å²) < 4.78 is 5.63. The number of benzene rings is 2. The number of nitrogens with zero attached hydrogens (tertiary/aromatic N) is 2. The fourth-order valence-electron chi connectivity index (χ4n) is 3.18. The van der Waals surface area contributed by atoms with Crippen molar-refractivity contribution in [2.75, 3.05) is 5.75 Å². The quantitative estimate of drug-likeness (QED) is 0.609. The second-order valence-corrected chi connectivity index (χ2v) is 7.88. The first kappa shape index (κ1) is 18.1. The maximum absolute atomic E-state index is 12.5. The van der Waals surface area contributed by atoms with Gasteiger partial charge in [-0.3, -0.25) is 4.79 Å². The van der Waals surface area contributed by atoms with Crippen molar-refractivity contribution < 1.29 is 9.21 Å². The van der Waals surface area contributed by atoms with Gasteiger partial charge in [-0.15, -0.1) is 10.2 Å². The van der Waals surface area contributed by atoms with Crippen LogP contribution in [0, 0.1) is 0 Å². The van der Waals surface area contributed by atoms with Gasteiger partial charge in [0.2, 0.25) is 11.8 Å². The summed E-state index contributed by atoms with van der Waals surface area (Å²) in [4.78, 5) is 12.5. The van der Waals surface area contributed by atoms with E-state index in [-0.39, 0.29) is 17.2 Å². The maximum Gasteiger partial charge on any atom is 0.277 e. The number of carbonyl (C=O) groups is 1. The molecule has 1 aliphatic carbocycles. The molecule has 1 saturated carbocycles. The lowest BCUT2D eigenvalue weighted by Crippen LogP contribution is -2.51. The van der Waals surface area contributed by atoms with Crippen molar-refractivity contribution in [3.05, 3.63) is 65.2 Å². The van der Waals surface area contributed by atoms with E-state index in [0.29, 0.717) is 16.1 Å². The van der Waals surface area contributed by atoms with E-state index >= 15 is 0 Å². The normalized spacial score (nSPS) is 15.1. The number of halogens is 1. The maximum atomic E-state index is 12.5. The third-order valence-electron chi connectivity index (χ3n) is 4.74. The van der Waals surface area contributed by atoms with Crippen LogP contribution in [0.1, 0.15) is 24.8 Å². The zero-order valence-electron chi connectivity index (χ0n) is 14.5. The zero-order chi connectivity index (χ0) is 18.7. The summed E-state index contributed by atoms with van der Waals surface area (Å²) in [6.07, 6.45) is 3.06. The molecule has 0 unspecified atom stereocenters. The molecule has 0 bridgehead atoms. The summed E-state index contributed by atoms with van der Waals surface area (Å²) in [6.45, 7) is 0. The molecule has 0 aliphatic heterocycles. The highest BCUT2D eigenvalue weighted by atomic mass is 35.5. The second kappa shape index (κ2) is 7.74. The number of rotatable bonds is 6. The van der Waals surface area contributed by atoms with Crippen LogP contribution in [0.2, 0.25) is 5.02 Å². The van der Waals surface area contributed by atoms with Gasteiger partial charge in [0.1, 0.15) is 0 Å². The van der Waals surface area contributed by atoms with Gasteiger partial charge in [-0.05, 0) is 49.1 Å². The van der Waals surface area contributed by atoms with Crippen LogP contribution in [0.3, 0.4) is 0 Å². The van der Waals surface area contributed by atoms with Crippen LogP contribution in [0.4, 0.5) is 0 Å². The average molecular weight is 400 g/mol. The lowest BCUT2D eigenvalue weighted by Gasteiger charge is -2.43. The summed E-state index contributed by atoms with van der Waals surface area (Å²) >= 11 is 7.13. The number of carbonyl (C=O) groups excluding carboxylic acids is 1. The molecular weight excluding hydrogens is 382 g/mol. The SMILES string of the molecule is O=C(CSc1nnc(-c2ccc(Cl)cc2)o1)NC1(c2ccccc2)CCC1. The van der Waals surface area contributed by atoms with Crippen molar-refractivity contribution >= 4 is 29.3 Å². The molecule has 1 N–H and O–H groups in total. The highest BCUT2D eigenvalue weighted by Crippen LogP contribution is 2.41. The summed E-state index contributed by atoms with van der Waals surface area (Å²) in [7, 11) is 0. The van der Waals surface area contributed by atoms with E-state index in [4.69, 9.17) is 16.0 Å². The highest BCUT2D eigenvalue weighted by molar-refractivity contribution is 7.99. The smallest absolute Gasteiger partial charge is 0.277 e. The van der Waals surface area contributed by atoms with Crippen LogP contribution >= 0.6 is 23.4 Å². The Morgan fingerprint density at radius 2 is 1.85 bits per heavy atom. The standard InChI is InChI=1S/C20H18ClN3O2S/c21-16-9-7-14(8-10-16)18-23-24-19(26-18)27-13-17(25)22-20(11-4-12-20)15-5-2-1-3-6-15/h1-3,5-10H,4,11-13H2,(H,22,25). The Kier molecular flexibility index (Phi) is 5.18. The van der Waals surface area contributed by atoms with Gasteiger partial charge in [-0.1, -0.05) is 53.7 Å². The minimum Gasteiger partial charge on any atom is -0.411 e. The van der Waals surface area contributed by atoms with Crippen molar-refractivity contribution in [3.63, 3.8) is 0 Å². The van der Waals surface area contributed by atoms with Crippen LogP contribution < -0.4 is 5.32 Å². The molecule has 4 rings (SSSR count). The van der Waals surface area contributed by atoms with E-state index in [1.54, 1.807) is 12.1 Å². The van der Waals surface area contributed by atoms with Crippen molar-refractivity contribution in [3.8, 4) is 11.5 Å². The van der Waals surface area contributed by atoms with Gasteiger partial charge < -0.3 is 9.73 Å². The first-order valence-corrected chi connectivity index (χ1v) is 10.1. The molecule has 7 heteroatoms. The highest BCUT2D eigenvalue weighted by Gasteiger charge is 2.39. The fraction of sp³-hybridized carbons (Fsp3) is 0.250. The van der Waals surface area contributed by atoms with Crippen LogP contribution in [-0.4, -0.2) is 21.9 Å². The molecule has 1 heterocycles. The molecule has 0 radical (unpaired) electrons. The van der Waals surface area contributed by atoms with Crippen molar-refractivity contribution in [1.29, 1.82) is 0 Å². The predicted molar refractivity (Wildman–Crippen MR) is 106 cm³/mol. The molecule has 0 atom stereocenters. The van der Waals surface area contributed by atoms with Crippen LogP contribution in [0.5, 0.6) is 0 Å². The number of thioether (sulfide) groups is 1. The van der Waals surface area contributed by atoms with Crippen molar-refractivity contribution in [2.45, 2.75) is 30.0 Å². The van der Waals surface area contributed by atoms with Gasteiger partial charge in [0.25, 0.3) is 5.22 Å². The average Bonchev–Trinajstić information content (AvgIpc) is 3.13. The van der Waals surface area contributed by atoms with E-state index in [9.17, 15) is 4.79 Å². The molecule has 1 aliphatic rings. The third-order valence-corrected chi connectivity index (χ3v) is 5.81. The minimum absolute atomic E-state index is 0.0326. The zero-order valence-corrected chi connectivity index (χ0v) is 16.1. The Hall–Kier alpha value is -2.31. The number of hydrogen-bond donors (Lipinski definition) is 1. The number of hydrogen-bond acceptors (Lipinski definition) is 5. The topological polar surface area (TPSA) is 68.0 Å². The lowest BCUT2D eigenvalue weighted by molar-refractivity contribution is -0.121. The van der Waals surface area contributed by atoms with Gasteiger partial charge in [0.05, 0.1) is 11.3 Å². The van der Waals surface area contributed by atoms with E-state index in [2.05, 4.69) is 27.6 Å². The Balaban J connectivity index is 1.36. The van der Waals surface area contributed by atoms with E-state index in [1.807, 2.05) is 30.3 Å². The van der Waals surface area contributed by atoms with Crippen LogP contribution in [0.15, 0.2) is 64.2 Å². The second-order valence-electron chi connectivity index (χ2n) is 6.52. The number of aromatic nitrogens is 2. The Bertz CT molecular complexity index is 924. The monoisotopic (exact) mass is 399 g/mol. The van der Waals surface area contributed by atoms with Gasteiger partial charge in [-0.25, -0.2) is 0 Å². The van der Waals surface area contributed by atoms with E-state index < -0.39 is 0 Å². The molecule has 138 valence electrons. The molecular formula is C20H18ClN3O2S. The predicted octanol–water partition coefficient (Wildman–Crippen LogP) is 4.68. The Labute approximate surface area is 166 Å². The first-order valence-electron chi connectivity index (χ1n) is 8.73. The molecule has 1 amide bonds. The molecule has 0 spiro atoms. The Morgan fingerprint density at radius 3 is 2.52 bits per heavy atom. The van der Waals surface area contributed by atoms with Gasteiger partial charge in [-0.2, -0.15) is 0 Å². The summed E-state index contributed by atoms with van der Waals surface area (Å²) in [5.41, 5.74) is 1.72. The Morgan fingerprint density at radius 1 is 1.11 bits per heavy atom. The number of nitrogens with one attached hydrogen (secondary N) is 1. The molecule has 0 saturated heterocycles. The van der Waals surface area contributed by atoms with Crippen molar-refractivity contribution in [2.24, 2.45) is 0 Å². The van der Waals surface area contributed by atoms with E-state index in [0.717, 1.165) is 30.4 Å². The number of amides is 1. The summed E-state index contributed by atoms with van der Waals surface area (Å²) in [5, 5.41) is 12.3. The van der Waals surface area contributed by atoms with Gasteiger partial charge >= 0.3 is 0 Å². The molecule has 27 heavy (non-hydrogen) atoms. The summed E-state index contributed by atoms with van der Waals surface area (Å²) in [5.74, 6) is 0.612. The molecule has 1 aromatic heterocycles. The fourth-order valence-corrected chi connectivity index (χ4v) is 3.87. The van der Waals surface area contributed by atoms with Crippen molar-refractivity contribution in [1.82, 2.24) is 15.5 Å². The van der Waals surface area contributed by atoms with Gasteiger partial charge in [0, 0.05) is 10.6 Å².